The Balaban J connectivity index is 2.37. The molecule has 1 N–H and O–H groups in total. The number of nitrogens with one attached hydrogen (secondary N) is 1. The van der Waals surface area contributed by atoms with E-state index in [2.05, 4.69) is 31.2 Å². The molecule has 0 bridgehead atoms. The topological polar surface area (TPSA) is 23.9 Å². The lowest BCUT2D eigenvalue weighted by atomic mass is 9.83. The molecular formula is C12H15N. The lowest BCUT2D eigenvalue weighted by molar-refractivity contribution is 0.495. The SMILES string of the molecule is CC(=N)C1(C)Cc2ccccc2C1. The molecule has 2 rings (SSSR count). The zero-order chi connectivity index (χ0) is 9.47. The van der Waals surface area contributed by atoms with Crippen molar-refractivity contribution in [3.63, 3.8) is 0 Å². The first kappa shape index (κ1) is 8.49. The monoisotopic (exact) mass is 173 g/mol. The van der Waals surface area contributed by atoms with Gasteiger partial charge in [-0.2, -0.15) is 0 Å². The summed E-state index contributed by atoms with van der Waals surface area (Å²) in [5.74, 6) is 0. The van der Waals surface area contributed by atoms with Crippen molar-refractivity contribution in [2.45, 2.75) is 26.7 Å². The Morgan fingerprint density at radius 3 is 2.08 bits per heavy atom. The maximum absolute atomic E-state index is 7.76. The largest absolute Gasteiger partial charge is 0.309 e. The molecule has 0 radical (unpaired) electrons. The van der Waals surface area contributed by atoms with Crippen LogP contribution in [-0.2, 0) is 12.8 Å². The standard InChI is InChI=1S/C12H15N/c1-9(13)12(2)7-10-5-3-4-6-11(10)8-12/h3-6,13H,7-8H2,1-2H3. The second-order valence-corrected chi connectivity index (χ2v) is 4.31. The highest BCUT2D eigenvalue weighted by molar-refractivity contribution is 5.86. The fraction of sp³-hybridized carbons (Fsp3) is 0.417. The molecule has 0 aliphatic heterocycles. The molecule has 0 heterocycles. The Labute approximate surface area is 79.3 Å². The average molecular weight is 173 g/mol. The van der Waals surface area contributed by atoms with Gasteiger partial charge in [0.15, 0.2) is 0 Å². The predicted molar refractivity (Wildman–Crippen MR) is 55.4 cm³/mol. The van der Waals surface area contributed by atoms with Gasteiger partial charge in [-0.15, -0.1) is 0 Å². The van der Waals surface area contributed by atoms with Crippen molar-refractivity contribution in [1.29, 1.82) is 5.41 Å². The van der Waals surface area contributed by atoms with Gasteiger partial charge >= 0.3 is 0 Å². The third-order valence-electron chi connectivity index (χ3n) is 3.18. The van der Waals surface area contributed by atoms with Crippen LogP contribution in [0.15, 0.2) is 24.3 Å². The average Bonchev–Trinajstić information content (AvgIpc) is 2.42. The van der Waals surface area contributed by atoms with Crippen molar-refractivity contribution in [3.05, 3.63) is 35.4 Å². The van der Waals surface area contributed by atoms with Crippen LogP contribution < -0.4 is 0 Å². The summed E-state index contributed by atoms with van der Waals surface area (Å²) in [6.45, 7) is 4.11. The Hall–Kier alpha value is -1.11. The van der Waals surface area contributed by atoms with Crippen LogP contribution in [-0.4, -0.2) is 5.71 Å². The fourth-order valence-corrected chi connectivity index (χ4v) is 2.07. The molecule has 1 aliphatic carbocycles. The summed E-state index contributed by atoms with van der Waals surface area (Å²) in [7, 11) is 0. The van der Waals surface area contributed by atoms with Crippen molar-refractivity contribution in [2.75, 3.05) is 0 Å². The molecule has 0 amide bonds. The quantitative estimate of drug-likeness (QED) is 0.631. The summed E-state index contributed by atoms with van der Waals surface area (Å²) in [6, 6.07) is 8.54. The number of rotatable bonds is 1. The summed E-state index contributed by atoms with van der Waals surface area (Å²) in [5, 5.41) is 7.76. The molecule has 1 aromatic rings. The molecule has 13 heavy (non-hydrogen) atoms. The van der Waals surface area contributed by atoms with Gasteiger partial charge < -0.3 is 5.41 Å². The molecule has 1 heteroatoms. The molecule has 0 unspecified atom stereocenters. The maximum atomic E-state index is 7.76. The lowest BCUT2D eigenvalue weighted by Gasteiger charge is -2.21. The van der Waals surface area contributed by atoms with Gasteiger partial charge in [-0.25, -0.2) is 0 Å². The smallest absolute Gasteiger partial charge is 0.0129 e. The third-order valence-corrected chi connectivity index (χ3v) is 3.18. The van der Waals surface area contributed by atoms with Crippen LogP contribution >= 0.6 is 0 Å². The van der Waals surface area contributed by atoms with E-state index in [1.54, 1.807) is 0 Å². The summed E-state index contributed by atoms with van der Waals surface area (Å²) in [5.41, 5.74) is 3.75. The molecular weight excluding hydrogens is 158 g/mol. The minimum Gasteiger partial charge on any atom is -0.309 e. The zero-order valence-electron chi connectivity index (χ0n) is 8.22. The van der Waals surface area contributed by atoms with E-state index in [1.807, 2.05) is 6.92 Å². The fourth-order valence-electron chi connectivity index (χ4n) is 2.07. The second kappa shape index (κ2) is 2.69. The van der Waals surface area contributed by atoms with Gasteiger partial charge in [-0.1, -0.05) is 31.2 Å². The number of hydrogen-bond acceptors (Lipinski definition) is 1. The highest BCUT2D eigenvalue weighted by atomic mass is 14.5. The molecule has 1 aliphatic rings. The predicted octanol–water partition coefficient (Wildman–Crippen LogP) is 2.83. The molecule has 0 aromatic heterocycles. The maximum Gasteiger partial charge on any atom is 0.0129 e. The third kappa shape index (κ3) is 1.28. The Bertz CT molecular complexity index is 327. The van der Waals surface area contributed by atoms with Crippen LogP contribution in [0.5, 0.6) is 0 Å². The van der Waals surface area contributed by atoms with E-state index in [-0.39, 0.29) is 5.41 Å². The van der Waals surface area contributed by atoms with E-state index in [0.29, 0.717) is 0 Å². The van der Waals surface area contributed by atoms with Gasteiger partial charge in [-0.05, 0) is 30.9 Å². The van der Waals surface area contributed by atoms with E-state index in [9.17, 15) is 0 Å². The molecule has 68 valence electrons. The van der Waals surface area contributed by atoms with Crippen LogP contribution in [0.25, 0.3) is 0 Å². The number of hydrogen-bond donors (Lipinski definition) is 1. The van der Waals surface area contributed by atoms with E-state index < -0.39 is 0 Å². The Morgan fingerprint density at radius 2 is 1.69 bits per heavy atom. The highest BCUT2D eigenvalue weighted by Gasteiger charge is 2.34. The number of fused-ring (bicyclic) bond motifs is 1. The van der Waals surface area contributed by atoms with Crippen molar-refractivity contribution in [2.24, 2.45) is 5.41 Å². The van der Waals surface area contributed by atoms with Gasteiger partial charge in [-0.3, -0.25) is 0 Å². The van der Waals surface area contributed by atoms with Gasteiger partial charge in [0.1, 0.15) is 0 Å². The van der Waals surface area contributed by atoms with Crippen molar-refractivity contribution in [1.82, 2.24) is 0 Å². The molecule has 1 aromatic carbocycles. The summed E-state index contributed by atoms with van der Waals surface area (Å²) in [4.78, 5) is 0. The summed E-state index contributed by atoms with van der Waals surface area (Å²) < 4.78 is 0. The lowest BCUT2D eigenvalue weighted by Crippen LogP contribution is -2.25. The van der Waals surface area contributed by atoms with Gasteiger partial charge in [0.05, 0.1) is 0 Å². The summed E-state index contributed by atoms with van der Waals surface area (Å²) >= 11 is 0. The van der Waals surface area contributed by atoms with Gasteiger partial charge in [0.2, 0.25) is 0 Å². The first-order chi connectivity index (χ1) is 6.12. The van der Waals surface area contributed by atoms with Crippen molar-refractivity contribution < 1.29 is 0 Å². The van der Waals surface area contributed by atoms with Crippen molar-refractivity contribution >= 4 is 5.71 Å². The highest BCUT2D eigenvalue weighted by Crippen LogP contribution is 2.37. The minimum atomic E-state index is 0.0870. The molecule has 0 spiro atoms. The molecule has 0 saturated carbocycles. The second-order valence-electron chi connectivity index (χ2n) is 4.31. The van der Waals surface area contributed by atoms with E-state index in [4.69, 9.17) is 5.41 Å². The first-order valence-corrected chi connectivity index (χ1v) is 4.74. The number of benzene rings is 1. The molecule has 0 saturated heterocycles. The van der Waals surface area contributed by atoms with Gasteiger partial charge in [0, 0.05) is 11.1 Å². The van der Waals surface area contributed by atoms with Crippen LogP contribution in [0.4, 0.5) is 0 Å². The van der Waals surface area contributed by atoms with Crippen molar-refractivity contribution in [3.8, 4) is 0 Å². The summed E-state index contributed by atoms with van der Waals surface area (Å²) in [6.07, 6.45) is 2.08. The minimum absolute atomic E-state index is 0.0870. The van der Waals surface area contributed by atoms with E-state index in [1.165, 1.54) is 11.1 Å². The van der Waals surface area contributed by atoms with Crippen LogP contribution in [0, 0.1) is 10.8 Å². The van der Waals surface area contributed by atoms with Crippen LogP contribution in [0.2, 0.25) is 0 Å². The van der Waals surface area contributed by atoms with Gasteiger partial charge in [0.25, 0.3) is 0 Å². The van der Waals surface area contributed by atoms with Crippen LogP contribution in [0.1, 0.15) is 25.0 Å². The Morgan fingerprint density at radius 1 is 1.23 bits per heavy atom. The first-order valence-electron chi connectivity index (χ1n) is 4.74. The van der Waals surface area contributed by atoms with E-state index >= 15 is 0 Å². The van der Waals surface area contributed by atoms with E-state index in [0.717, 1.165) is 18.6 Å². The molecule has 0 fully saturated rings. The van der Waals surface area contributed by atoms with Crippen LogP contribution in [0.3, 0.4) is 0 Å². The normalized spacial score (nSPS) is 18.3. The Kier molecular flexibility index (Phi) is 1.76. The zero-order valence-corrected chi connectivity index (χ0v) is 8.22. The molecule has 1 nitrogen and oxygen atoms in total. The molecule has 0 atom stereocenters.